The Morgan fingerprint density at radius 3 is 2.61 bits per heavy atom. The molecule has 0 aromatic heterocycles. The molecule has 3 rings (SSSR count). The number of methoxy groups -OCH3 is 1. The number of benzene rings is 2. The van der Waals surface area contributed by atoms with E-state index in [1.54, 1.807) is 48.5 Å². The highest BCUT2D eigenvalue weighted by atomic mass is 35.5. The van der Waals surface area contributed by atoms with Crippen molar-refractivity contribution in [2.24, 2.45) is 0 Å². The second kappa shape index (κ2) is 8.96. The minimum absolute atomic E-state index is 0.202. The third-order valence-electron chi connectivity index (χ3n) is 3.87. The van der Waals surface area contributed by atoms with Crippen molar-refractivity contribution < 1.29 is 14.3 Å². The van der Waals surface area contributed by atoms with Crippen LogP contribution < -0.4 is 5.32 Å². The molecule has 1 N–H and O–H groups in total. The molecule has 9 heteroatoms. The van der Waals surface area contributed by atoms with Gasteiger partial charge in [-0.15, -0.1) is 0 Å². The highest BCUT2D eigenvalue weighted by molar-refractivity contribution is 8.26. The molecule has 0 atom stereocenters. The van der Waals surface area contributed by atoms with E-state index < -0.39 is 5.97 Å². The van der Waals surface area contributed by atoms with E-state index >= 15 is 0 Å². The molecule has 0 spiro atoms. The molecule has 1 heterocycles. The molecule has 0 unspecified atom stereocenters. The zero-order valence-electron chi connectivity index (χ0n) is 14.6. The number of carbonyl (C=O) groups excluding carboxylic acids is 2. The number of thioether (sulfide) groups is 1. The molecule has 144 valence electrons. The van der Waals surface area contributed by atoms with Gasteiger partial charge >= 0.3 is 5.97 Å². The Morgan fingerprint density at radius 1 is 1.25 bits per heavy atom. The third-order valence-corrected chi connectivity index (χ3v) is 5.81. The van der Waals surface area contributed by atoms with Crippen LogP contribution in [0.4, 0.5) is 5.69 Å². The summed E-state index contributed by atoms with van der Waals surface area (Å²) in [6.07, 6.45) is 1.70. The van der Waals surface area contributed by atoms with Gasteiger partial charge in [-0.2, -0.15) is 0 Å². The van der Waals surface area contributed by atoms with E-state index in [1.165, 1.54) is 23.8 Å². The lowest BCUT2D eigenvalue weighted by Gasteiger charge is -2.16. The van der Waals surface area contributed by atoms with Crippen molar-refractivity contribution in [2.45, 2.75) is 0 Å². The zero-order valence-corrected chi connectivity index (χ0v) is 17.7. The van der Waals surface area contributed by atoms with Gasteiger partial charge in [0.2, 0.25) is 0 Å². The number of amides is 1. The Kier molecular flexibility index (Phi) is 6.61. The Morgan fingerprint density at radius 2 is 1.96 bits per heavy atom. The summed E-state index contributed by atoms with van der Waals surface area (Å²) in [5.74, 6) is -0.616. The van der Waals surface area contributed by atoms with Crippen LogP contribution in [0, 0.1) is 0 Å². The molecule has 2 aromatic carbocycles. The normalized spacial score (nSPS) is 15.2. The first kappa shape index (κ1) is 20.7. The van der Waals surface area contributed by atoms with Gasteiger partial charge in [0.15, 0.2) is 0 Å². The summed E-state index contributed by atoms with van der Waals surface area (Å²) in [6, 6.07) is 11.8. The van der Waals surface area contributed by atoms with Gasteiger partial charge in [0.1, 0.15) is 4.32 Å². The predicted octanol–water partition coefficient (Wildman–Crippen LogP) is 5.05. The van der Waals surface area contributed by atoms with Gasteiger partial charge < -0.3 is 10.1 Å². The molecule has 1 amide bonds. The molecule has 28 heavy (non-hydrogen) atoms. The van der Waals surface area contributed by atoms with Gasteiger partial charge in [-0.1, -0.05) is 53.2 Å². The zero-order chi connectivity index (χ0) is 20.3. The molecule has 1 saturated heterocycles. The highest BCUT2D eigenvalue weighted by Crippen LogP contribution is 2.34. The van der Waals surface area contributed by atoms with Gasteiger partial charge in [-0.3, -0.25) is 9.69 Å². The van der Waals surface area contributed by atoms with Gasteiger partial charge in [0, 0.05) is 15.7 Å². The fraction of sp³-hybridized carbons (Fsp3) is 0.105. The minimum atomic E-state index is -0.408. The first-order valence-electron chi connectivity index (χ1n) is 8.01. The quantitative estimate of drug-likeness (QED) is 0.389. The van der Waals surface area contributed by atoms with Crippen LogP contribution in [0.2, 0.25) is 10.0 Å². The van der Waals surface area contributed by atoms with Gasteiger partial charge in [0.25, 0.3) is 5.91 Å². The fourth-order valence-corrected chi connectivity index (χ4v) is 4.12. The van der Waals surface area contributed by atoms with Crippen molar-refractivity contribution in [3.8, 4) is 0 Å². The number of nitrogens with zero attached hydrogens (tertiary/aromatic N) is 1. The second-order valence-corrected chi connectivity index (χ2v) is 8.20. The van der Waals surface area contributed by atoms with Crippen molar-refractivity contribution in [3.05, 3.63) is 68.5 Å². The smallest absolute Gasteiger partial charge is 0.337 e. The third kappa shape index (κ3) is 4.67. The van der Waals surface area contributed by atoms with Gasteiger partial charge in [-0.25, -0.2) is 4.79 Å². The number of halogens is 2. The molecule has 5 nitrogen and oxygen atoms in total. The first-order valence-corrected chi connectivity index (χ1v) is 10.00. The molecule has 0 aliphatic carbocycles. The van der Waals surface area contributed by atoms with E-state index in [0.717, 1.165) is 5.69 Å². The Balaban J connectivity index is 1.68. The van der Waals surface area contributed by atoms with E-state index in [2.05, 4.69) is 10.1 Å². The van der Waals surface area contributed by atoms with Gasteiger partial charge in [-0.05, 0) is 48.0 Å². The number of nitrogens with one attached hydrogen (secondary N) is 1. The molecule has 0 radical (unpaired) electrons. The van der Waals surface area contributed by atoms with E-state index in [0.29, 0.717) is 30.4 Å². The molecular weight excluding hydrogens is 439 g/mol. The molecule has 2 aromatic rings. The number of esters is 1. The van der Waals surface area contributed by atoms with Crippen LogP contribution in [-0.2, 0) is 9.53 Å². The second-order valence-electron chi connectivity index (χ2n) is 5.68. The number of rotatable bonds is 5. The number of carbonyl (C=O) groups is 2. The van der Waals surface area contributed by atoms with Crippen LogP contribution in [0.3, 0.4) is 0 Å². The van der Waals surface area contributed by atoms with E-state index in [4.69, 9.17) is 35.4 Å². The standard InChI is InChI=1S/C19H14Cl2N2O3S2/c1-26-18(25)11-3-6-14(7-4-11)22-10-23-17(24)16(28-19(23)27)8-12-2-5-13(20)9-15(12)21/h2-9,22H,10H2,1H3/b16-8+. The highest BCUT2D eigenvalue weighted by Gasteiger charge is 2.31. The Hall–Kier alpha value is -2.06. The maximum Gasteiger partial charge on any atom is 0.337 e. The number of hydrogen-bond acceptors (Lipinski definition) is 6. The van der Waals surface area contributed by atoms with Crippen LogP contribution >= 0.6 is 47.2 Å². The van der Waals surface area contributed by atoms with Crippen LogP contribution in [0.15, 0.2) is 47.4 Å². The maximum absolute atomic E-state index is 12.7. The minimum Gasteiger partial charge on any atom is -0.465 e. The van der Waals surface area contributed by atoms with Crippen molar-refractivity contribution in [2.75, 3.05) is 19.1 Å². The van der Waals surface area contributed by atoms with E-state index in [-0.39, 0.29) is 12.6 Å². The largest absolute Gasteiger partial charge is 0.465 e. The number of thiocarbonyl (C=S) groups is 1. The summed E-state index contributed by atoms with van der Waals surface area (Å²) >= 11 is 18.6. The van der Waals surface area contributed by atoms with Crippen LogP contribution in [-0.4, -0.2) is 34.9 Å². The lowest BCUT2D eigenvalue weighted by atomic mass is 10.2. The monoisotopic (exact) mass is 452 g/mol. The average Bonchev–Trinajstić information content (AvgIpc) is 2.95. The lowest BCUT2D eigenvalue weighted by molar-refractivity contribution is -0.121. The Bertz CT molecular complexity index is 978. The topological polar surface area (TPSA) is 58.6 Å². The maximum atomic E-state index is 12.7. The number of anilines is 1. The molecule has 1 aliphatic rings. The molecule has 0 saturated carbocycles. The summed E-state index contributed by atoms with van der Waals surface area (Å²) in [5, 5.41) is 4.10. The SMILES string of the molecule is COC(=O)c1ccc(NCN2C(=O)/C(=C\c3ccc(Cl)cc3Cl)SC2=S)cc1. The molecular formula is C19H14Cl2N2O3S2. The molecule has 1 fully saturated rings. The van der Waals surface area contributed by atoms with Crippen LogP contribution in [0.1, 0.15) is 15.9 Å². The predicted molar refractivity (Wildman–Crippen MR) is 118 cm³/mol. The lowest BCUT2D eigenvalue weighted by Crippen LogP contribution is -2.33. The molecule has 1 aliphatic heterocycles. The van der Waals surface area contributed by atoms with Crippen molar-refractivity contribution in [3.63, 3.8) is 0 Å². The first-order chi connectivity index (χ1) is 13.4. The van der Waals surface area contributed by atoms with Gasteiger partial charge in [0.05, 0.1) is 24.2 Å². The summed E-state index contributed by atoms with van der Waals surface area (Å²) in [4.78, 5) is 26.1. The van der Waals surface area contributed by atoms with Crippen LogP contribution in [0.25, 0.3) is 6.08 Å². The van der Waals surface area contributed by atoms with Crippen molar-refractivity contribution >= 4 is 75.1 Å². The number of ether oxygens (including phenoxy) is 1. The summed E-state index contributed by atoms with van der Waals surface area (Å²) in [5.41, 5.74) is 1.88. The van der Waals surface area contributed by atoms with E-state index in [1.807, 2.05) is 0 Å². The summed E-state index contributed by atoms with van der Waals surface area (Å²) in [7, 11) is 1.33. The Labute approximate surface area is 181 Å². The number of hydrogen-bond donors (Lipinski definition) is 1. The van der Waals surface area contributed by atoms with Crippen LogP contribution in [0.5, 0.6) is 0 Å². The summed E-state index contributed by atoms with van der Waals surface area (Å²) in [6.45, 7) is 0.202. The fourth-order valence-electron chi connectivity index (χ4n) is 2.41. The summed E-state index contributed by atoms with van der Waals surface area (Å²) < 4.78 is 5.11. The van der Waals surface area contributed by atoms with Crippen molar-refractivity contribution in [1.29, 1.82) is 0 Å². The molecule has 0 bridgehead atoms. The van der Waals surface area contributed by atoms with Crippen molar-refractivity contribution in [1.82, 2.24) is 4.90 Å². The van der Waals surface area contributed by atoms with E-state index in [9.17, 15) is 9.59 Å². The average molecular weight is 453 g/mol.